The number of nitrogen functional groups attached to an aromatic ring is 2. The summed E-state index contributed by atoms with van der Waals surface area (Å²) in [7, 11) is 0. The summed E-state index contributed by atoms with van der Waals surface area (Å²) in [6.45, 7) is -3.08. The number of nitrogens with two attached hydrogens (primary N) is 9. The number of aliphatic hydroxyl groups is 6. The highest BCUT2D eigenvalue weighted by Crippen LogP contribution is 2.35. The molecule has 5 amide bonds. The van der Waals surface area contributed by atoms with Crippen molar-refractivity contribution in [3.05, 3.63) is 45.5 Å². The second-order valence-corrected chi connectivity index (χ2v) is 24.2. The number of thioether (sulfide) groups is 2. The lowest BCUT2D eigenvalue weighted by Gasteiger charge is -2.47. The molecule has 0 radical (unpaired) electrons. The van der Waals surface area contributed by atoms with Crippen molar-refractivity contribution >= 4 is 64.7 Å². The van der Waals surface area contributed by atoms with E-state index < -0.39 is 177 Å². The first-order valence-corrected chi connectivity index (χ1v) is 31.2. The molecule has 38 heteroatoms. The number of rotatable bonds is 33. The van der Waals surface area contributed by atoms with Crippen LogP contribution in [0.5, 0.6) is 0 Å². The third-order valence-electron chi connectivity index (χ3n) is 15.2. The minimum absolute atomic E-state index is 0.0545. The Kier molecular flexibility index (Phi) is 28.6. The van der Waals surface area contributed by atoms with Gasteiger partial charge in [0.05, 0.1) is 43.1 Å². The van der Waals surface area contributed by atoms with Crippen molar-refractivity contribution in [3.8, 4) is 0 Å². The van der Waals surface area contributed by atoms with Crippen molar-refractivity contribution in [2.45, 2.75) is 161 Å². The third-order valence-corrected chi connectivity index (χ3v) is 17.4. The molecule has 502 valence electrons. The fraction of sp³-hybridized carbons (Fsp3) is 0.745. The minimum atomic E-state index is -1.59. The molecule has 1 saturated carbocycles. The van der Waals surface area contributed by atoms with Crippen molar-refractivity contribution in [3.63, 3.8) is 0 Å². The zero-order valence-electron chi connectivity index (χ0n) is 48.9. The Labute approximate surface area is 519 Å². The Bertz CT molecular complexity index is 2750. The molecule has 19 atom stereocenters. The van der Waals surface area contributed by atoms with E-state index in [2.05, 4.69) is 20.6 Å². The number of primary amides is 1. The molecule has 1 aliphatic carbocycles. The highest BCUT2D eigenvalue weighted by molar-refractivity contribution is 8.00. The van der Waals surface area contributed by atoms with Gasteiger partial charge in [0.15, 0.2) is 18.9 Å². The van der Waals surface area contributed by atoms with Crippen LogP contribution in [0.3, 0.4) is 0 Å². The molecule has 0 spiro atoms. The number of aliphatic hydroxyl groups excluding tert-OH is 6. The summed E-state index contributed by atoms with van der Waals surface area (Å²) in [5, 5.41) is 70.9. The molecule has 6 rings (SSSR count). The molecule has 2 aromatic rings. The molecule has 3 aliphatic heterocycles. The predicted octanol–water partition coefficient (Wildman–Crippen LogP) is -10.8. The van der Waals surface area contributed by atoms with E-state index in [1.807, 2.05) is 0 Å². The zero-order chi connectivity index (χ0) is 65.2. The molecular weight excluding hydrogens is 1220 g/mol. The van der Waals surface area contributed by atoms with Gasteiger partial charge in [0, 0.05) is 69.5 Å². The molecule has 0 unspecified atom stereocenters. The summed E-state index contributed by atoms with van der Waals surface area (Å²) >= 11 is 2.87. The van der Waals surface area contributed by atoms with Crippen LogP contribution in [0, 0.1) is 0 Å². The number of anilines is 2. The molecular formula is C51H87N17O19S2. The highest BCUT2D eigenvalue weighted by Gasteiger charge is 2.54. The second-order valence-electron chi connectivity index (χ2n) is 21.9. The van der Waals surface area contributed by atoms with Gasteiger partial charge in [-0.2, -0.15) is 33.5 Å². The monoisotopic (exact) mass is 1310 g/mol. The van der Waals surface area contributed by atoms with Crippen molar-refractivity contribution < 1.29 is 83.0 Å². The fourth-order valence-corrected chi connectivity index (χ4v) is 12.1. The number of hydrogen-bond donors (Lipinski definition) is 17. The molecule has 26 N–H and O–H groups in total. The second kappa shape index (κ2) is 34.9. The fourth-order valence-electron chi connectivity index (χ4n) is 10.2. The molecule has 2 aromatic heterocycles. The molecule has 4 aliphatic rings. The summed E-state index contributed by atoms with van der Waals surface area (Å²) in [4.78, 5) is 98.3. The van der Waals surface area contributed by atoms with Crippen LogP contribution in [-0.4, -0.2) is 281 Å². The Hall–Kier alpha value is -5.31. The first-order chi connectivity index (χ1) is 42.3. The van der Waals surface area contributed by atoms with Gasteiger partial charge in [-0.15, -0.1) is 0 Å². The van der Waals surface area contributed by atoms with Gasteiger partial charge in [0.2, 0.25) is 29.5 Å². The van der Waals surface area contributed by atoms with Crippen molar-refractivity contribution in [2.75, 3.05) is 86.8 Å². The smallest absolute Gasteiger partial charge is 0.349 e. The molecule has 5 heterocycles. The van der Waals surface area contributed by atoms with E-state index in [0.29, 0.717) is 11.5 Å². The van der Waals surface area contributed by atoms with Gasteiger partial charge in [-0.05, 0) is 42.9 Å². The van der Waals surface area contributed by atoms with Crippen LogP contribution in [-0.2, 0) is 65.5 Å². The summed E-state index contributed by atoms with van der Waals surface area (Å²) < 4.78 is 38.5. The van der Waals surface area contributed by atoms with Gasteiger partial charge in [0.25, 0.3) is 0 Å². The third kappa shape index (κ3) is 20.6. The summed E-state index contributed by atoms with van der Waals surface area (Å²) in [5.74, 6) is -1.76. The average molecular weight is 1310 g/mol. The number of unbranched alkanes of at least 4 members (excludes halogenated alkanes) is 3. The van der Waals surface area contributed by atoms with Crippen LogP contribution in [0.25, 0.3) is 0 Å². The van der Waals surface area contributed by atoms with E-state index in [4.69, 9.17) is 80.0 Å². The van der Waals surface area contributed by atoms with E-state index in [1.165, 1.54) is 48.1 Å². The molecule has 0 bridgehead atoms. The van der Waals surface area contributed by atoms with Crippen molar-refractivity contribution in [1.82, 2.24) is 39.5 Å². The first kappa shape index (κ1) is 72.7. The van der Waals surface area contributed by atoms with E-state index in [9.17, 15) is 64.2 Å². The van der Waals surface area contributed by atoms with Gasteiger partial charge >= 0.3 is 11.4 Å². The van der Waals surface area contributed by atoms with Gasteiger partial charge in [-0.1, -0.05) is 12.8 Å². The van der Waals surface area contributed by atoms with E-state index in [-0.39, 0.29) is 74.7 Å². The van der Waals surface area contributed by atoms with E-state index in [1.54, 1.807) is 0 Å². The lowest BCUT2D eigenvalue weighted by Crippen LogP contribution is -2.68. The lowest BCUT2D eigenvalue weighted by molar-refractivity contribution is -0.306. The van der Waals surface area contributed by atoms with Crippen LogP contribution in [0.4, 0.5) is 11.6 Å². The first-order valence-electron chi connectivity index (χ1n) is 28.9. The topological polar surface area (TPSA) is 597 Å². The van der Waals surface area contributed by atoms with Crippen molar-refractivity contribution in [1.29, 1.82) is 0 Å². The zero-order valence-corrected chi connectivity index (χ0v) is 50.5. The van der Waals surface area contributed by atoms with Gasteiger partial charge in [-0.3, -0.25) is 33.1 Å². The Morgan fingerprint density at radius 1 is 0.596 bits per heavy atom. The molecule has 3 saturated heterocycles. The maximum Gasteiger partial charge on any atom is 0.349 e. The van der Waals surface area contributed by atoms with Crippen LogP contribution in [0.15, 0.2) is 34.1 Å². The molecule has 36 nitrogen and oxygen atoms in total. The SMILES string of the molecule is NC[C@@H]1O[C@H](O[C@H]2[C@@H](O)[C@H](O[C@@H]3[C@@H](O)[C@H](N)C[C@H](N)[C@H]3O[C@H]3O[C@H](CN)[C@@H](O)[C@H](O)[C@H]3N)O[C@@H]2CSCCCCCCSCC(=O)NCCN(CC(=O)NCCN(CC(N)=O)C(=O)Cn2ccc(N)nc2=O)C(=O)Cn2ccc(N)nc2=O)[C@H](N)[C@@H](O)[C@@H]1O. The van der Waals surface area contributed by atoms with Gasteiger partial charge in [0.1, 0.15) is 85.8 Å². The normalized spacial score (nSPS) is 31.2. The van der Waals surface area contributed by atoms with Crippen LogP contribution in [0.1, 0.15) is 32.1 Å². The Balaban J connectivity index is 0.954. The summed E-state index contributed by atoms with van der Waals surface area (Å²) in [5.41, 5.74) is 51.7. The quantitative estimate of drug-likeness (QED) is 0.0295. The predicted molar refractivity (Wildman–Crippen MR) is 319 cm³/mol. The van der Waals surface area contributed by atoms with Crippen LogP contribution in [0.2, 0.25) is 0 Å². The largest absolute Gasteiger partial charge is 0.389 e. The minimum Gasteiger partial charge on any atom is -0.389 e. The lowest BCUT2D eigenvalue weighted by atomic mass is 9.84. The van der Waals surface area contributed by atoms with Gasteiger partial charge in [-0.25, -0.2) is 9.59 Å². The Morgan fingerprint density at radius 2 is 1.07 bits per heavy atom. The average Bonchev–Trinajstić information content (AvgIpc) is 3.83. The van der Waals surface area contributed by atoms with Crippen LogP contribution >= 0.6 is 23.5 Å². The number of nitrogens with one attached hydrogen (secondary N) is 2. The molecule has 0 aromatic carbocycles. The molecule has 4 fully saturated rings. The number of ether oxygens (including phenoxy) is 6. The number of hydrogen-bond acceptors (Lipinski definition) is 31. The van der Waals surface area contributed by atoms with Crippen molar-refractivity contribution in [2.24, 2.45) is 40.1 Å². The summed E-state index contributed by atoms with van der Waals surface area (Å²) in [6.07, 6.45) is -14.2. The summed E-state index contributed by atoms with van der Waals surface area (Å²) in [6, 6.07) is -1.74. The number of carbonyl (C=O) groups is 5. The Morgan fingerprint density at radius 3 is 1.57 bits per heavy atom. The van der Waals surface area contributed by atoms with Crippen LogP contribution < -0.4 is 73.6 Å². The van der Waals surface area contributed by atoms with E-state index >= 15 is 0 Å². The maximum atomic E-state index is 13.5. The maximum absolute atomic E-state index is 13.5. The number of aromatic nitrogens is 4. The molecule has 89 heavy (non-hydrogen) atoms. The van der Waals surface area contributed by atoms with Gasteiger partial charge < -0.3 is 131 Å². The number of carbonyl (C=O) groups excluding carboxylic acids is 5. The highest BCUT2D eigenvalue weighted by atomic mass is 32.2. The number of nitrogens with zero attached hydrogens (tertiary/aromatic N) is 6. The van der Waals surface area contributed by atoms with E-state index in [0.717, 1.165) is 44.6 Å². The number of amides is 5. The standard InChI is InChI=1S/C51H87N17O19S2/c52-16-26-39(75)41(77)36(59)47(82-26)85-44-25(55)15-24(54)38(74)46(44)87-49-43(79)45(86-48-37(60)42(78)40(76)27(17-53)83-48)28(84-49)22-88-13-3-1-2-4-14-89-23-33(71)62-8-12-66(35(73)21-68-10-6-30(57)64-51(68)81)19-32(70)61-7-11-65(18-31(58)69)34(72)20-67-9-5-29(56)63-50(67)80/h5-6,9-10,24-28,36-49,74-79H,1-4,7-8,11-23,52-55,59-60H2,(H2,58,69)(H,61,70)(H,62,71)(H2,56,63,80)(H2,57,64,81)/t24-,25+,26-,27+,28-,36-,37-,38+,39-,40-,41-,42-,43-,44-,45-,46-,47-,48-,49+/m1/s1.